The van der Waals surface area contributed by atoms with E-state index in [9.17, 15) is 4.79 Å². The Hall–Kier alpha value is -0.570. The van der Waals surface area contributed by atoms with Crippen LogP contribution >= 0.6 is 0 Å². The Morgan fingerprint density at radius 1 is 1.31 bits per heavy atom. The standard InChI is InChI=1S/C10H22N2O/c1-5-7(3)8(4)12-10(13)9(11)6-2/h7-9H,5-6,11H2,1-4H3,(H,12,13)/t7?,8?,9-/m1/s1. The van der Waals surface area contributed by atoms with E-state index in [0.29, 0.717) is 12.3 Å². The molecule has 1 amide bonds. The van der Waals surface area contributed by atoms with Gasteiger partial charge >= 0.3 is 0 Å². The third kappa shape index (κ3) is 4.27. The number of nitrogens with one attached hydrogen (secondary N) is 1. The van der Waals surface area contributed by atoms with Gasteiger partial charge in [-0.25, -0.2) is 0 Å². The molecule has 2 unspecified atom stereocenters. The fourth-order valence-electron chi connectivity index (χ4n) is 1.01. The quantitative estimate of drug-likeness (QED) is 0.679. The molecule has 0 aromatic rings. The van der Waals surface area contributed by atoms with Crippen LogP contribution in [-0.2, 0) is 4.79 Å². The Kier molecular flexibility index (Phi) is 5.71. The van der Waals surface area contributed by atoms with E-state index in [-0.39, 0.29) is 18.0 Å². The predicted octanol–water partition coefficient (Wildman–Crippen LogP) is 1.27. The lowest BCUT2D eigenvalue weighted by Crippen LogP contribution is -2.46. The molecule has 78 valence electrons. The molecule has 3 heteroatoms. The summed E-state index contributed by atoms with van der Waals surface area (Å²) in [6, 6.07) is -0.137. The first-order valence-corrected chi connectivity index (χ1v) is 5.08. The highest BCUT2D eigenvalue weighted by Gasteiger charge is 2.16. The van der Waals surface area contributed by atoms with Crippen LogP contribution in [0.5, 0.6) is 0 Å². The summed E-state index contributed by atoms with van der Waals surface area (Å²) in [4.78, 5) is 11.4. The van der Waals surface area contributed by atoms with Gasteiger partial charge in [-0.05, 0) is 19.3 Å². The van der Waals surface area contributed by atoms with Gasteiger partial charge in [-0.1, -0.05) is 27.2 Å². The van der Waals surface area contributed by atoms with Gasteiger partial charge in [0.1, 0.15) is 0 Å². The van der Waals surface area contributed by atoms with Crippen molar-refractivity contribution >= 4 is 5.91 Å². The maximum atomic E-state index is 11.4. The number of nitrogens with two attached hydrogens (primary N) is 1. The minimum Gasteiger partial charge on any atom is -0.352 e. The molecule has 0 bridgehead atoms. The first-order chi connectivity index (χ1) is 6.02. The van der Waals surface area contributed by atoms with E-state index < -0.39 is 0 Å². The zero-order valence-electron chi connectivity index (χ0n) is 9.13. The van der Waals surface area contributed by atoms with Gasteiger partial charge in [0.2, 0.25) is 5.91 Å². The van der Waals surface area contributed by atoms with Crippen LogP contribution in [0.2, 0.25) is 0 Å². The summed E-state index contributed by atoms with van der Waals surface area (Å²) in [5, 5.41) is 2.92. The highest BCUT2D eigenvalue weighted by atomic mass is 16.2. The molecule has 0 fully saturated rings. The van der Waals surface area contributed by atoms with Crippen LogP contribution in [0.15, 0.2) is 0 Å². The molecule has 0 aromatic carbocycles. The van der Waals surface area contributed by atoms with Crippen molar-refractivity contribution in [1.82, 2.24) is 5.32 Å². The second kappa shape index (κ2) is 5.97. The van der Waals surface area contributed by atoms with Crippen LogP contribution in [0.1, 0.15) is 40.5 Å². The molecular weight excluding hydrogens is 164 g/mol. The van der Waals surface area contributed by atoms with E-state index in [1.807, 2.05) is 13.8 Å². The average molecular weight is 186 g/mol. The fraction of sp³-hybridized carbons (Fsp3) is 0.900. The van der Waals surface area contributed by atoms with Crippen molar-refractivity contribution in [3.63, 3.8) is 0 Å². The smallest absolute Gasteiger partial charge is 0.237 e. The normalized spacial score (nSPS) is 17.6. The van der Waals surface area contributed by atoms with Crippen molar-refractivity contribution in [1.29, 1.82) is 0 Å². The van der Waals surface area contributed by atoms with Gasteiger partial charge in [0, 0.05) is 6.04 Å². The van der Waals surface area contributed by atoms with Gasteiger partial charge in [-0.2, -0.15) is 0 Å². The molecule has 13 heavy (non-hydrogen) atoms. The van der Waals surface area contributed by atoms with Crippen LogP contribution in [0.3, 0.4) is 0 Å². The monoisotopic (exact) mass is 186 g/mol. The number of rotatable bonds is 5. The third-order valence-electron chi connectivity index (χ3n) is 2.64. The molecule has 0 aromatic heterocycles. The highest BCUT2D eigenvalue weighted by molar-refractivity contribution is 5.81. The maximum Gasteiger partial charge on any atom is 0.237 e. The number of hydrogen-bond donors (Lipinski definition) is 2. The van der Waals surface area contributed by atoms with E-state index >= 15 is 0 Å². The van der Waals surface area contributed by atoms with E-state index in [2.05, 4.69) is 19.2 Å². The largest absolute Gasteiger partial charge is 0.352 e. The van der Waals surface area contributed by atoms with Crippen molar-refractivity contribution in [2.75, 3.05) is 0 Å². The SMILES string of the molecule is CCC(C)C(C)NC(=O)[C@H](N)CC. The zero-order valence-corrected chi connectivity index (χ0v) is 9.13. The van der Waals surface area contributed by atoms with E-state index in [4.69, 9.17) is 5.73 Å². The van der Waals surface area contributed by atoms with Crippen molar-refractivity contribution in [3.8, 4) is 0 Å². The van der Waals surface area contributed by atoms with Gasteiger partial charge in [0.25, 0.3) is 0 Å². The van der Waals surface area contributed by atoms with Gasteiger partial charge in [0.05, 0.1) is 6.04 Å². The zero-order chi connectivity index (χ0) is 10.4. The number of carbonyl (C=O) groups excluding carboxylic acids is 1. The van der Waals surface area contributed by atoms with Crippen molar-refractivity contribution in [3.05, 3.63) is 0 Å². The van der Waals surface area contributed by atoms with Gasteiger partial charge in [-0.3, -0.25) is 4.79 Å². The summed E-state index contributed by atoms with van der Waals surface area (Å²) < 4.78 is 0. The van der Waals surface area contributed by atoms with Crippen molar-refractivity contribution < 1.29 is 4.79 Å². The van der Waals surface area contributed by atoms with E-state index in [1.54, 1.807) is 0 Å². The maximum absolute atomic E-state index is 11.4. The summed E-state index contributed by atoms with van der Waals surface area (Å²) in [6.45, 7) is 8.18. The average Bonchev–Trinajstić information content (AvgIpc) is 2.14. The minimum absolute atomic E-state index is 0.0321. The number of carbonyl (C=O) groups is 1. The molecule has 3 nitrogen and oxygen atoms in total. The van der Waals surface area contributed by atoms with Gasteiger partial charge < -0.3 is 11.1 Å². The molecule has 0 saturated heterocycles. The second-order valence-corrected chi connectivity index (χ2v) is 3.70. The molecule has 0 radical (unpaired) electrons. The molecule has 0 spiro atoms. The molecule has 0 heterocycles. The predicted molar refractivity (Wildman–Crippen MR) is 55.3 cm³/mol. The molecule has 0 rings (SSSR count). The molecule has 3 atom stereocenters. The lowest BCUT2D eigenvalue weighted by atomic mass is 10.0. The highest BCUT2D eigenvalue weighted by Crippen LogP contribution is 2.06. The summed E-state index contributed by atoms with van der Waals surface area (Å²) in [5.74, 6) is 0.475. The fourth-order valence-corrected chi connectivity index (χ4v) is 1.01. The molecule has 0 saturated carbocycles. The van der Waals surface area contributed by atoms with E-state index in [0.717, 1.165) is 6.42 Å². The summed E-state index contributed by atoms with van der Waals surface area (Å²) >= 11 is 0. The van der Waals surface area contributed by atoms with Gasteiger partial charge in [-0.15, -0.1) is 0 Å². The first-order valence-electron chi connectivity index (χ1n) is 5.08. The summed E-state index contributed by atoms with van der Waals surface area (Å²) in [7, 11) is 0. The molecule has 0 aliphatic rings. The molecule has 0 aliphatic carbocycles. The topological polar surface area (TPSA) is 55.1 Å². The number of amides is 1. The van der Waals surface area contributed by atoms with Crippen LogP contribution < -0.4 is 11.1 Å². The minimum atomic E-state index is -0.355. The van der Waals surface area contributed by atoms with Crippen LogP contribution in [0.25, 0.3) is 0 Å². The number of hydrogen-bond acceptors (Lipinski definition) is 2. The molecular formula is C10H22N2O. The molecule has 3 N–H and O–H groups in total. The Morgan fingerprint density at radius 3 is 2.23 bits per heavy atom. The Labute approximate surface area is 81.1 Å². The van der Waals surface area contributed by atoms with Crippen molar-refractivity contribution in [2.45, 2.75) is 52.6 Å². The van der Waals surface area contributed by atoms with Crippen molar-refractivity contribution in [2.24, 2.45) is 11.7 Å². The lowest BCUT2D eigenvalue weighted by molar-refractivity contribution is -0.123. The summed E-state index contributed by atoms with van der Waals surface area (Å²) in [6.07, 6.45) is 1.77. The Bertz CT molecular complexity index is 159. The Morgan fingerprint density at radius 2 is 1.85 bits per heavy atom. The van der Waals surface area contributed by atoms with E-state index in [1.165, 1.54) is 0 Å². The van der Waals surface area contributed by atoms with Crippen LogP contribution in [0.4, 0.5) is 0 Å². The molecule has 0 aliphatic heterocycles. The van der Waals surface area contributed by atoms with Gasteiger partial charge in [0.15, 0.2) is 0 Å². The first kappa shape index (κ1) is 12.4. The lowest BCUT2D eigenvalue weighted by Gasteiger charge is -2.21. The second-order valence-electron chi connectivity index (χ2n) is 3.70. The Balaban J connectivity index is 3.91. The van der Waals surface area contributed by atoms with Crippen LogP contribution in [0, 0.1) is 5.92 Å². The van der Waals surface area contributed by atoms with Crippen LogP contribution in [-0.4, -0.2) is 18.0 Å². The third-order valence-corrected chi connectivity index (χ3v) is 2.64. The summed E-state index contributed by atoms with van der Waals surface area (Å²) in [5.41, 5.74) is 5.59.